The summed E-state index contributed by atoms with van der Waals surface area (Å²) in [5.74, 6) is 4.20. The van der Waals surface area contributed by atoms with Crippen LogP contribution in [0.25, 0.3) is 0 Å². The molecule has 124 valence electrons. The molecule has 0 spiro atoms. The van der Waals surface area contributed by atoms with E-state index in [0.717, 1.165) is 0 Å². The number of carbonyl (C=O) groups excluding carboxylic acids is 2. The molecule has 1 aromatic rings. The highest BCUT2D eigenvalue weighted by Gasteiger charge is 2.38. The Hall–Kier alpha value is -2.17. The van der Waals surface area contributed by atoms with E-state index in [1.807, 2.05) is 0 Å². The fourth-order valence-corrected chi connectivity index (χ4v) is 2.58. The number of hydrazine groups is 1. The van der Waals surface area contributed by atoms with Gasteiger partial charge in [0.1, 0.15) is 11.9 Å². The van der Waals surface area contributed by atoms with Crippen molar-refractivity contribution < 1.29 is 19.6 Å². The average molecular weight is 321 g/mol. The highest BCUT2D eigenvalue weighted by molar-refractivity contribution is 6.43. The van der Waals surface area contributed by atoms with E-state index in [-0.39, 0.29) is 5.91 Å². The van der Waals surface area contributed by atoms with Gasteiger partial charge in [0.05, 0.1) is 11.5 Å². The molecule has 0 aliphatic carbocycles. The van der Waals surface area contributed by atoms with Gasteiger partial charge >= 0.3 is 7.12 Å². The van der Waals surface area contributed by atoms with Crippen molar-refractivity contribution in [1.29, 1.82) is 0 Å². The Morgan fingerprint density at radius 3 is 2.78 bits per heavy atom. The molecular formula is C13H20BN5O4. The minimum absolute atomic E-state index is 0.295. The Kier molecular flexibility index (Phi) is 5.53. The lowest BCUT2D eigenvalue weighted by Crippen LogP contribution is -2.52. The molecular weight excluding hydrogens is 301 g/mol. The van der Waals surface area contributed by atoms with Crippen molar-refractivity contribution in [1.82, 2.24) is 15.2 Å². The number of aromatic nitrogens is 1. The molecule has 2 atom stereocenters. The third kappa shape index (κ3) is 3.98. The first-order valence-electron chi connectivity index (χ1n) is 7.34. The molecule has 2 amide bonds. The number of amides is 2. The van der Waals surface area contributed by atoms with Gasteiger partial charge in [-0.1, -0.05) is 0 Å². The van der Waals surface area contributed by atoms with Gasteiger partial charge in [-0.3, -0.25) is 9.59 Å². The summed E-state index contributed by atoms with van der Waals surface area (Å²) in [6.45, 7) is 2.00. The van der Waals surface area contributed by atoms with Gasteiger partial charge in [-0.15, -0.1) is 0 Å². The van der Waals surface area contributed by atoms with Crippen molar-refractivity contribution in [3.05, 3.63) is 23.9 Å². The second kappa shape index (κ2) is 7.40. The van der Waals surface area contributed by atoms with E-state index >= 15 is 0 Å². The van der Waals surface area contributed by atoms with E-state index < -0.39 is 25.0 Å². The van der Waals surface area contributed by atoms with Gasteiger partial charge < -0.3 is 25.7 Å². The molecule has 1 aromatic heterocycles. The second-order valence-corrected chi connectivity index (χ2v) is 5.43. The van der Waals surface area contributed by atoms with Gasteiger partial charge in [-0.2, -0.15) is 0 Å². The molecule has 2 heterocycles. The van der Waals surface area contributed by atoms with Crippen molar-refractivity contribution in [2.75, 3.05) is 12.0 Å². The fourth-order valence-electron chi connectivity index (χ4n) is 2.58. The zero-order valence-corrected chi connectivity index (χ0v) is 12.8. The standard InChI is InChI=1S/C13H20BN5O4/c1-8(13(21)19-6-2-3-10(19)14(22)23)17-12(20)9-4-5-11(18-15)16-7-9/h4-5,7-8,10,22-23H,2-3,6,15H2,1H3,(H,16,18)(H,17,20)/t8?,10-/m0/s1. The lowest BCUT2D eigenvalue weighted by atomic mass is 9.78. The predicted octanol–water partition coefficient (Wildman–Crippen LogP) is -1.51. The molecule has 1 saturated heterocycles. The van der Waals surface area contributed by atoms with Crippen LogP contribution in [0.3, 0.4) is 0 Å². The van der Waals surface area contributed by atoms with Gasteiger partial charge in [0.15, 0.2) is 0 Å². The zero-order chi connectivity index (χ0) is 17.0. The Morgan fingerprint density at radius 1 is 1.48 bits per heavy atom. The summed E-state index contributed by atoms with van der Waals surface area (Å²) in [7, 11) is -1.58. The summed E-state index contributed by atoms with van der Waals surface area (Å²) in [5, 5.41) is 21.2. The van der Waals surface area contributed by atoms with Crippen LogP contribution < -0.4 is 16.6 Å². The maximum absolute atomic E-state index is 12.4. The number of pyridine rings is 1. The van der Waals surface area contributed by atoms with E-state index in [1.165, 1.54) is 17.2 Å². The minimum atomic E-state index is -1.58. The molecule has 0 bridgehead atoms. The molecule has 23 heavy (non-hydrogen) atoms. The lowest BCUT2D eigenvalue weighted by molar-refractivity contribution is -0.132. The molecule has 0 saturated carbocycles. The molecule has 9 nitrogen and oxygen atoms in total. The number of hydrogen-bond donors (Lipinski definition) is 5. The van der Waals surface area contributed by atoms with Crippen LogP contribution in [0, 0.1) is 0 Å². The summed E-state index contributed by atoms with van der Waals surface area (Å²) < 4.78 is 0. The van der Waals surface area contributed by atoms with Crippen LogP contribution in [0.2, 0.25) is 0 Å². The molecule has 1 unspecified atom stereocenters. The SMILES string of the molecule is CC(NC(=O)c1ccc(NN)nc1)C(=O)N1CCC[C@H]1B(O)O. The van der Waals surface area contributed by atoms with Gasteiger partial charge in [0.25, 0.3) is 5.91 Å². The number of anilines is 1. The molecule has 0 aromatic carbocycles. The molecule has 10 heteroatoms. The van der Waals surface area contributed by atoms with Gasteiger partial charge in [0, 0.05) is 12.7 Å². The van der Waals surface area contributed by atoms with Crippen LogP contribution in [0.15, 0.2) is 18.3 Å². The zero-order valence-electron chi connectivity index (χ0n) is 12.8. The van der Waals surface area contributed by atoms with E-state index in [0.29, 0.717) is 30.8 Å². The number of carbonyl (C=O) groups is 2. The quantitative estimate of drug-likeness (QED) is 0.252. The van der Waals surface area contributed by atoms with Crippen molar-refractivity contribution in [3.8, 4) is 0 Å². The van der Waals surface area contributed by atoms with Crippen molar-refractivity contribution >= 4 is 24.8 Å². The monoisotopic (exact) mass is 321 g/mol. The molecule has 6 N–H and O–H groups in total. The highest BCUT2D eigenvalue weighted by Crippen LogP contribution is 2.19. The van der Waals surface area contributed by atoms with Crippen molar-refractivity contribution in [2.45, 2.75) is 31.7 Å². The fraction of sp³-hybridized carbons (Fsp3) is 0.462. The first-order valence-corrected chi connectivity index (χ1v) is 7.34. The van der Waals surface area contributed by atoms with Crippen LogP contribution in [0.4, 0.5) is 5.82 Å². The molecule has 2 rings (SSSR count). The molecule has 1 fully saturated rings. The molecule has 1 aliphatic rings. The number of rotatable bonds is 5. The first kappa shape index (κ1) is 17.2. The summed E-state index contributed by atoms with van der Waals surface area (Å²) in [6.07, 6.45) is 2.57. The minimum Gasteiger partial charge on any atom is -0.426 e. The van der Waals surface area contributed by atoms with Crippen LogP contribution >= 0.6 is 0 Å². The Balaban J connectivity index is 1.98. The van der Waals surface area contributed by atoms with E-state index in [9.17, 15) is 19.6 Å². The number of hydrogen-bond acceptors (Lipinski definition) is 7. The van der Waals surface area contributed by atoms with Crippen molar-refractivity contribution in [3.63, 3.8) is 0 Å². The largest absolute Gasteiger partial charge is 0.475 e. The maximum Gasteiger partial charge on any atom is 0.475 e. The Morgan fingerprint density at radius 2 is 2.22 bits per heavy atom. The Labute approximate surface area is 134 Å². The third-order valence-electron chi connectivity index (χ3n) is 3.82. The topological polar surface area (TPSA) is 141 Å². The maximum atomic E-state index is 12.4. The lowest BCUT2D eigenvalue weighted by Gasteiger charge is -2.27. The summed E-state index contributed by atoms with van der Waals surface area (Å²) in [4.78, 5) is 29.8. The van der Waals surface area contributed by atoms with Crippen LogP contribution in [-0.4, -0.2) is 57.4 Å². The van der Waals surface area contributed by atoms with E-state index in [4.69, 9.17) is 5.84 Å². The van der Waals surface area contributed by atoms with Crippen molar-refractivity contribution in [2.24, 2.45) is 5.84 Å². The number of likely N-dealkylation sites (tertiary alicyclic amines) is 1. The van der Waals surface area contributed by atoms with E-state index in [1.54, 1.807) is 13.0 Å². The summed E-state index contributed by atoms with van der Waals surface area (Å²) in [6, 6.07) is 2.29. The summed E-state index contributed by atoms with van der Waals surface area (Å²) >= 11 is 0. The van der Waals surface area contributed by atoms with E-state index in [2.05, 4.69) is 15.7 Å². The highest BCUT2D eigenvalue weighted by atomic mass is 16.4. The number of nitrogens with one attached hydrogen (secondary N) is 2. The van der Waals surface area contributed by atoms with Gasteiger partial charge in [-0.05, 0) is 31.9 Å². The Bertz CT molecular complexity index is 568. The molecule has 0 radical (unpaired) electrons. The van der Waals surface area contributed by atoms with Crippen LogP contribution in [0.1, 0.15) is 30.1 Å². The predicted molar refractivity (Wildman–Crippen MR) is 83.9 cm³/mol. The summed E-state index contributed by atoms with van der Waals surface area (Å²) in [5.41, 5.74) is 2.65. The smallest absolute Gasteiger partial charge is 0.426 e. The first-order chi connectivity index (χ1) is 10.9. The van der Waals surface area contributed by atoms with Gasteiger partial charge in [-0.25, -0.2) is 10.8 Å². The number of nitrogens with two attached hydrogens (primary N) is 1. The average Bonchev–Trinajstić information content (AvgIpc) is 3.03. The second-order valence-electron chi connectivity index (χ2n) is 5.43. The molecule has 1 aliphatic heterocycles. The third-order valence-corrected chi connectivity index (χ3v) is 3.82. The van der Waals surface area contributed by atoms with Gasteiger partial charge in [0.2, 0.25) is 5.91 Å². The van der Waals surface area contributed by atoms with Crippen LogP contribution in [0.5, 0.6) is 0 Å². The normalized spacial score (nSPS) is 18.4. The number of nitrogen functional groups attached to an aromatic ring is 1. The number of nitrogens with zero attached hydrogens (tertiary/aromatic N) is 2. The van der Waals surface area contributed by atoms with Crippen LogP contribution in [-0.2, 0) is 4.79 Å².